The second-order valence-corrected chi connectivity index (χ2v) is 8.48. The van der Waals surface area contributed by atoms with E-state index in [9.17, 15) is 13.2 Å². The number of hydrogen-bond donors (Lipinski definition) is 1. The minimum atomic E-state index is -3.65. The average molecular weight is 380 g/mol. The van der Waals surface area contributed by atoms with Gasteiger partial charge in [-0.25, -0.2) is 12.7 Å². The molecule has 1 aromatic carbocycles. The Morgan fingerprint density at radius 3 is 2.68 bits per heavy atom. The van der Waals surface area contributed by atoms with E-state index in [1.807, 2.05) is 17.5 Å². The molecule has 1 amide bonds. The molecule has 0 radical (unpaired) electrons. The Morgan fingerprint density at radius 1 is 1.32 bits per heavy atom. The van der Waals surface area contributed by atoms with E-state index in [0.717, 1.165) is 9.18 Å². The third kappa shape index (κ3) is 4.91. The van der Waals surface area contributed by atoms with Crippen LogP contribution in [0.1, 0.15) is 10.4 Å². The van der Waals surface area contributed by atoms with Crippen LogP contribution < -0.4 is 10.1 Å². The maximum atomic E-state index is 12.4. The van der Waals surface area contributed by atoms with Crippen molar-refractivity contribution in [3.63, 3.8) is 0 Å². The molecule has 134 valence electrons. The predicted octanol–water partition coefficient (Wildman–Crippen LogP) is 2.34. The molecule has 1 heterocycles. The first-order valence-corrected chi connectivity index (χ1v) is 9.75. The van der Waals surface area contributed by atoms with Crippen LogP contribution in [0.15, 0.2) is 46.7 Å². The summed E-state index contributed by atoms with van der Waals surface area (Å²) < 4.78 is 31.0. The molecule has 2 aromatic rings. The van der Waals surface area contributed by atoms with Gasteiger partial charge in [0.15, 0.2) is 0 Å². The van der Waals surface area contributed by atoms with Crippen molar-refractivity contribution < 1.29 is 17.9 Å². The molecule has 25 heavy (non-hydrogen) atoms. The van der Waals surface area contributed by atoms with E-state index in [0.29, 0.717) is 12.1 Å². The van der Waals surface area contributed by atoms with Crippen molar-refractivity contribution in [2.45, 2.75) is 11.4 Å². The quantitative estimate of drug-likeness (QED) is 0.748. The van der Waals surface area contributed by atoms with Gasteiger partial charge >= 0.3 is 0 Å². The summed E-state index contributed by atoms with van der Waals surface area (Å²) in [6, 6.07) is 8.61. The van der Waals surface area contributed by atoms with Gasteiger partial charge in [-0.15, -0.1) is 11.3 Å². The van der Waals surface area contributed by atoms with Gasteiger partial charge in [0, 0.05) is 25.0 Å². The molecule has 0 aliphatic heterocycles. The van der Waals surface area contributed by atoms with Gasteiger partial charge in [-0.05, 0) is 35.2 Å². The lowest BCUT2D eigenvalue weighted by molar-refractivity contribution is -0.116. The number of nitrogens with one attached hydrogen (secondary N) is 1. The van der Waals surface area contributed by atoms with Crippen LogP contribution in [-0.2, 0) is 21.4 Å². The first kappa shape index (κ1) is 19.2. The van der Waals surface area contributed by atoms with Gasteiger partial charge in [-0.1, -0.05) is 12.1 Å². The highest BCUT2D eigenvalue weighted by Crippen LogP contribution is 2.27. The van der Waals surface area contributed by atoms with Crippen LogP contribution in [0.25, 0.3) is 6.08 Å². The van der Waals surface area contributed by atoms with E-state index >= 15 is 0 Å². The van der Waals surface area contributed by atoms with Crippen molar-refractivity contribution in [1.82, 2.24) is 9.62 Å². The van der Waals surface area contributed by atoms with E-state index in [4.69, 9.17) is 4.74 Å². The topological polar surface area (TPSA) is 75.7 Å². The molecule has 0 aliphatic rings. The number of carbonyl (C=O) groups is 1. The van der Waals surface area contributed by atoms with Crippen LogP contribution >= 0.6 is 11.3 Å². The highest BCUT2D eigenvalue weighted by Gasteiger charge is 2.22. The third-order valence-electron chi connectivity index (χ3n) is 3.39. The molecule has 0 fully saturated rings. The van der Waals surface area contributed by atoms with Crippen LogP contribution in [0.3, 0.4) is 0 Å². The van der Waals surface area contributed by atoms with E-state index in [1.54, 1.807) is 29.5 Å². The number of amides is 1. The van der Waals surface area contributed by atoms with Crippen LogP contribution in [0.5, 0.6) is 5.75 Å². The summed E-state index contributed by atoms with van der Waals surface area (Å²) in [5, 5.41) is 4.72. The molecule has 8 heteroatoms. The molecule has 0 saturated carbocycles. The molecule has 2 rings (SSSR count). The lowest BCUT2D eigenvalue weighted by Crippen LogP contribution is -2.22. The van der Waals surface area contributed by atoms with Gasteiger partial charge in [0.25, 0.3) is 0 Å². The monoisotopic (exact) mass is 380 g/mol. The summed E-state index contributed by atoms with van der Waals surface area (Å²) in [6.07, 6.45) is 2.94. The van der Waals surface area contributed by atoms with Crippen molar-refractivity contribution in [1.29, 1.82) is 0 Å². The Labute approximate surface area is 151 Å². The number of nitrogens with zero attached hydrogens (tertiary/aromatic N) is 1. The molecule has 0 spiro atoms. The number of methoxy groups -OCH3 is 1. The molecule has 0 aliphatic carbocycles. The fraction of sp³-hybridized carbons (Fsp3) is 0.235. The van der Waals surface area contributed by atoms with Crippen LogP contribution in [-0.4, -0.2) is 39.8 Å². The predicted molar refractivity (Wildman–Crippen MR) is 99.1 cm³/mol. The standard InChI is InChI=1S/C17H20N2O4S2/c1-19(2)25(21,22)16-11-13(6-8-15(16)23-3)7-9-17(20)18-12-14-5-4-10-24-14/h4-11H,12H2,1-3H3,(H,18,20)/b9-7+. The third-order valence-corrected chi connectivity index (χ3v) is 6.10. The highest BCUT2D eigenvalue weighted by molar-refractivity contribution is 7.89. The normalized spacial score (nSPS) is 11.8. The van der Waals surface area contributed by atoms with Crippen molar-refractivity contribution in [3.05, 3.63) is 52.2 Å². The van der Waals surface area contributed by atoms with Crippen LogP contribution in [0.4, 0.5) is 0 Å². The lowest BCUT2D eigenvalue weighted by Gasteiger charge is -2.14. The van der Waals surface area contributed by atoms with E-state index in [2.05, 4.69) is 5.32 Å². The summed E-state index contributed by atoms with van der Waals surface area (Å²) >= 11 is 1.57. The number of ether oxygens (including phenoxy) is 1. The lowest BCUT2D eigenvalue weighted by atomic mass is 10.2. The highest BCUT2D eigenvalue weighted by atomic mass is 32.2. The molecule has 1 N–H and O–H groups in total. The zero-order valence-corrected chi connectivity index (χ0v) is 15.9. The summed E-state index contributed by atoms with van der Waals surface area (Å²) in [5.41, 5.74) is 0.590. The number of carbonyl (C=O) groups excluding carboxylic acids is 1. The van der Waals surface area contributed by atoms with Crippen molar-refractivity contribution in [3.8, 4) is 5.75 Å². The van der Waals surface area contributed by atoms with Gasteiger partial charge in [0.2, 0.25) is 15.9 Å². The van der Waals surface area contributed by atoms with Crippen LogP contribution in [0, 0.1) is 0 Å². The van der Waals surface area contributed by atoms with Crippen LogP contribution in [0.2, 0.25) is 0 Å². The molecule has 0 unspecified atom stereocenters. The second-order valence-electron chi connectivity index (χ2n) is 5.33. The molecule has 1 aromatic heterocycles. The largest absolute Gasteiger partial charge is 0.495 e. The average Bonchev–Trinajstić information content (AvgIpc) is 3.11. The fourth-order valence-electron chi connectivity index (χ4n) is 2.01. The maximum absolute atomic E-state index is 12.4. The summed E-state index contributed by atoms with van der Waals surface area (Å²) in [6.45, 7) is 0.462. The van der Waals surface area contributed by atoms with Gasteiger partial charge in [0.05, 0.1) is 13.7 Å². The Bertz CT molecular complexity index is 857. The van der Waals surface area contributed by atoms with E-state index < -0.39 is 10.0 Å². The Balaban J connectivity index is 2.15. The minimum absolute atomic E-state index is 0.0566. The van der Waals surface area contributed by atoms with Gasteiger partial charge in [-0.3, -0.25) is 4.79 Å². The summed E-state index contributed by atoms with van der Waals surface area (Å²) in [7, 11) is 0.676. The van der Waals surface area contributed by atoms with Crippen molar-refractivity contribution in [2.24, 2.45) is 0 Å². The molecule has 0 bridgehead atoms. The number of sulfonamides is 1. The van der Waals surface area contributed by atoms with Crippen molar-refractivity contribution >= 4 is 33.3 Å². The van der Waals surface area contributed by atoms with Crippen molar-refractivity contribution in [2.75, 3.05) is 21.2 Å². The smallest absolute Gasteiger partial charge is 0.246 e. The fourth-order valence-corrected chi connectivity index (χ4v) is 3.74. The number of hydrogen-bond acceptors (Lipinski definition) is 5. The summed E-state index contributed by atoms with van der Waals surface area (Å²) in [5.74, 6) is 0.00855. The zero-order valence-electron chi connectivity index (χ0n) is 14.2. The first-order chi connectivity index (χ1) is 11.8. The van der Waals surface area contributed by atoms with Gasteiger partial charge < -0.3 is 10.1 Å². The summed E-state index contributed by atoms with van der Waals surface area (Å²) in [4.78, 5) is 13.0. The first-order valence-electron chi connectivity index (χ1n) is 7.43. The Kier molecular flexibility index (Phi) is 6.35. The minimum Gasteiger partial charge on any atom is -0.495 e. The molecule has 0 atom stereocenters. The zero-order chi connectivity index (χ0) is 18.4. The molecule has 6 nitrogen and oxygen atoms in total. The van der Waals surface area contributed by atoms with E-state index in [-0.39, 0.29) is 16.6 Å². The maximum Gasteiger partial charge on any atom is 0.246 e. The molecular weight excluding hydrogens is 360 g/mol. The number of thiophene rings is 1. The Hall–Kier alpha value is -2.16. The Morgan fingerprint density at radius 2 is 2.08 bits per heavy atom. The number of benzene rings is 1. The molecule has 0 saturated heterocycles. The van der Waals surface area contributed by atoms with E-state index in [1.165, 1.54) is 33.3 Å². The second kappa shape index (κ2) is 8.28. The number of rotatable bonds is 7. The van der Waals surface area contributed by atoms with Gasteiger partial charge in [-0.2, -0.15) is 0 Å². The van der Waals surface area contributed by atoms with Gasteiger partial charge in [0.1, 0.15) is 10.6 Å². The molecular formula is C17H20N2O4S2. The SMILES string of the molecule is COc1ccc(/C=C/C(=O)NCc2cccs2)cc1S(=O)(=O)N(C)C.